The summed E-state index contributed by atoms with van der Waals surface area (Å²) in [6, 6.07) is 41.3. The van der Waals surface area contributed by atoms with Crippen molar-refractivity contribution in [1.82, 2.24) is 0 Å². The van der Waals surface area contributed by atoms with E-state index in [1.165, 1.54) is 0 Å². The van der Waals surface area contributed by atoms with Crippen LogP contribution in [0.2, 0.25) is 12.6 Å². The van der Waals surface area contributed by atoms with Gasteiger partial charge in [0.05, 0.1) is 38.5 Å². The van der Waals surface area contributed by atoms with Crippen LogP contribution < -0.4 is 0 Å². The van der Waals surface area contributed by atoms with Crippen LogP contribution in [0.4, 0.5) is 0 Å². The Kier molecular flexibility index (Phi) is 13.0. The standard InChI is InChI=1S/C40H49BO5/c1-4-40(41(5-2)6-3)39(45-30-35-25-17-10-18-26-35)38(44-29-34-23-15-9-16-24-34)37(43-28-33-21-13-8-14-22-33)36(46-40)31-42-27-32-19-11-7-12-20-32/h7-26,36-39H,4-6,27-31H2,1-3H3/t36-,37-,38+,39-,40-/m1/s1. The van der Waals surface area contributed by atoms with Crippen LogP contribution in [0.25, 0.3) is 0 Å². The molecule has 46 heavy (non-hydrogen) atoms. The second-order valence-corrected chi connectivity index (χ2v) is 12.2. The third-order valence-electron chi connectivity index (χ3n) is 9.31. The van der Waals surface area contributed by atoms with E-state index in [1.54, 1.807) is 0 Å². The minimum Gasteiger partial charge on any atom is -0.374 e. The summed E-state index contributed by atoms with van der Waals surface area (Å²) in [6.07, 6.45) is 1.18. The predicted octanol–water partition coefficient (Wildman–Crippen LogP) is 8.58. The summed E-state index contributed by atoms with van der Waals surface area (Å²) in [5.41, 5.74) is 3.87. The summed E-state index contributed by atoms with van der Waals surface area (Å²) in [5, 5.41) is 0. The first-order chi connectivity index (χ1) is 22.7. The van der Waals surface area contributed by atoms with Crippen molar-refractivity contribution in [1.29, 1.82) is 0 Å². The van der Waals surface area contributed by atoms with Crippen LogP contribution in [0.1, 0.15) is 49.4 Å². The number of rotatable bonds is 17. The van der Waals surface area contributed by atoms with Crippen LogP contribution in [0.15, 0.2) is 121 Å². The molecule has 0 radical (unpaired) electrons. The zero-order valence-corrected chi connectivity index (χ0v) is 27.6. The highest BCUT2D eigenvalue weighted by molar-refractivity contribution is 6.62. The largest absolute Gasteiger partial charge is 0.374 e. The van der Waals surface area contributed by atoms with Crippen molar-refractivity contribution in [3.05, 3.63) is 144 Å². The Morgan fingerprint density at radius 2 is 0.957 bits per heavy atom. The van der Waals surface area contributed by atoms with Gasteiger partial charge in [-0.2, -0.15) is 0 Å². The number of benzene rings is 4. The van der Waals surface area contributed by atoms with Gasteiger partial charge >= 0.3 is 0 Å². The first-order valence-electron chi connectivity index (χ1n) is 16.9. The van der Waals surface area contributed by atoms with E-state index in [0.29, 0.717) is 33.0 Å². The summed E-state index contributed by atoms with van der Waals surface area (Å²) >= 11 is 0. The molecule has 4 aromatic carbocycles. The van der Waals surface area contributed by atoms with Crippen LogP contribution in [-0.4, -0.2) is 43.2 Å². The first kappa shape index (κ1) is 34.1. The summed E-state index contributed by atoms with van der Waals surface area (Å²) in [4.78, 5) is 0. The van der Waals surface area contributed by atoms with Crippen LogP contribution >= 0.6 is 0 Å². The van der Waals surface area contributed by atoms with Crippen molar-refractivity contribution >= 4 is 6.71 Å². The molecular weight excluding hydrogens is 571 g/mol. The molecule has 1 saturated heterocycles. The lowest BCUT2D eigenvalue weighted by atomic mass is 9.32. The average molecular weight is 621 g/mol. The third kappa shape index (κ3) is 8.75. The van der Waals surface area contributed by atoms with Crippen LogP contribution in [-0.2, 0) is 50.1 Å². The van der Waals surface area contributed by atoms with Crippen molar-refractivity contribution in [3.63, 3.8) is 0 Å². The molecule has 0 unspecified atom stereocenters. The monoisotopic (exact) mass is 620 g/mol. The molecule has 6 heteroatoms. The van der Waals surface area contributed by atoms with Crippen molar-refractivity contribution in [2.24, 2.45) is 0 Å². The Morgan fingerprint density at radius 3 is 1.39 bits per heavy atom. The molecule has 0 aliphatic carbocycles. The highest BCUT2D eigenvalue weighted by atomic mass is 16.6. The summed E-state index contributed by atoms with van der Waals surface area (Å²) in [6.45, 7) is 9.21. The zero-order valence-electron chi connectivity index (χ0n) is 27.6. The van der Waals surface area contributed by atoms with Crippen LogP contribution in [0, 0.1) is 0 Å². The maximum atomic E-state index is 7.33. The molecule has 0 aromatic heterocycles. The molecule has 242 valence electrons. The lowest BCUT2D eigenvalue weighted by Gasteiger charge is -2.55. The first-order valence-corrected chi connectivity index (χ1v) is 16.9. The van der Waals surface area contributed by atoms with Crippen LogP contribution in [0.3, 0.4) is 0 Å². The highest BCUT2D eigenvalue weighted by Crippen LogP contribution is 2.42. The van der Waals surface area contributed by atoms with Gasteiger partial charge in [-0.3, -0.25) is 0 Å². The molecule has 0 saturated carbocycles. The maximum Gasteiger partial charge on any atom is 0.183 e. The minimum atomic E-state index is -0.590. The van der Waals surface area contributed by atoms with Crippen molar-refractivity contribution < 1.29 is 23.7 Å². The molecule has 0 N–H and O–H groups in total. The summed E-state index contributed by atoms with van der Waals surface area (Å²) < 4.78 is 34.5. The maximum absolute atomic E-state index is 7.33. The molecule has 0 amide bonds. The zero-order chi connectivity index (χ0) is 32.0. The van der Waals surface area contributed by atoms with Gasteiger partial charge in [-0.15, -0.1) is 0 Å². The number of hydrogen-bond donors (Lipinski definition) is 0. The second-order valence-electron chi connectivity index (χ2n) is 12.2. The Bertz CT molecular complexity index is 1390. The van der Waals surface area contributed by atoms with E-state index in [0.717, 1.165) is 41.3 Å². The molecule has 5 atom stereocenters. The minimum absolute atomic E-state index is 0.257. The van der Waals surface area contributed by atoms with E-state index >= 15 is 0 Å². The molecule has 0 spiro atoms. The van der Waals surface area contributed by atoms with Crippen molar-refractivity contribution in [3.8, 4) is 0 Å². The average Bonchev–Trinajstić information content (AvgIpc) is 3.12. The van der Waals surface area contributed by atoms with Gasteiger partial charge in [-0.25, -0.2) is 0 Å². The second kappa shape index (κ2) is 17.6. The van der Waals surface area contributed by atoms with Gasteiger partial charge < -0.3 is 23.7 Å². The van der Waals surface area contributed by atoms with Gasteiger partial charge in [0, 0.05) is 0 Å². The van der Waals surface area contributed by atoms with E-state index in [1.807, 2.05) is 48.5 Å². The fourth-order valence-electron chi connectivity index (χ4n) is 6.87. The van der Waals surface area contributed by atoms with Gasteiger partial charge in [0.1, 0.15) is 24.4 Å². The van der Waals surface area contributed by atoms with Gasteiger partial charge in [0.15, 0.2) is 6.71 Å². The fourth-order valence-corrected chi connectivity index (χ4v) is 6.87. The Morgan fingerprint density at radius 1 is 0.543 bits per heavy atom. The Hall–Kier alpha value is -3.26. The third-order valence-corrected chi connectivity index (χ3v) is 9.31. The number of hydrogen-bond acceptors (Lipinski definition) is 5. The van der Waals surface area contributed by atoms with Crippen LogP contribution in [0.5, 0.6) is 0 Å². The van der Waals surface area contributed by atoms with Gasteiger partial charge in [-0.05, 0) is 28.7 Å². The Labute approximate surface area is 276 Å². The Balaban J connectivity index is 1.52. The lowest BCUT2D eigenvalue weighted by molar-refractivity contribution is -0.288. The molecular formula is C40H49BO5. The normalized spacial score (nSPS) is 22.8. The molecule has 0 bridgehead atoms. The van der Waals surface area contributed by atoms with Gasteiger partial charge in [-0.1, -0.05) is 155 Å². The lowest BCUT2D eigenvalue weighted by Crippen LogP contribution is -2.71. The molecule has 4 aromatic rings. The SMILES string of the molecule is CCB(CC)[C@]1(CC)O[C@H](COCc2ccccc2)[C@@H](OCc2ccccc2)[C@H](OCc2ccccc2)[C@H]1OCc1ccccc1. The van der Waals surface area contributed by atoms with Crippen molar-refractivity contribution in [2.75, 3.05) is 6.61 Å². The highest BCUT2D eigenvalue weighted by Gasteiger charge is 2.59. The predicted molar refractivity (Wildman–Crippen MR) is 186 cm³/mol. The fraction of sp³-hybridized carbons (Fsp3) is 0.400. The molecule has 1 aliphatic heterocycles. The van der Waals surface area contributed by atoms with E-state index < -0.39 is 17.7 Å². The van der Waals surface area contributed by atoms with E-state index in [4.69, 9.17) is 23.7 Å². The van der Waals surface area contributed by atoms with Crippen molar-refractivity contribution in [2.45, 2.75) is 96.2 Å². The summed E-state index contributed by atoms with van der Waals surface area (Å²) in [5.74, 6) is 0. The molecule has 5 rings (SSSR count). The van der Waals surface area contributed by atoms with Gasteiger partial charge in [0.2, 0.25) is 0 Å². The topological polar surface area (TPSA) is 46.2 Å². The molecule has 1 heterocycles. The smallest absolute Gasteiger partial charge is 0.183 e. The molecule has 1 aliphatic rings. The van der Waals surface area contributed by atoms with E-state index in [9.17, 15) is 0 Å². The molecule has 1 fully saturated rings. The summed E-state index contributed by atoms with van der Waals surface area (Å²) in [7, 11) is 0. The quantitative estimate of drug-likeness (QED) is 0.111. The van der Waals surface area contributed by atoms with E-state index in [2.05, 4.69) is 93.6 Å². The molecule has 5 nitrogen and oxygen atoms in total. The van der Waals surface area contributed by atoms with Gasteiger partial charge in [0.25, 0.3) is 0 Å². The number of ether oxygens (including phenoxy) is 5. The van der Waals surface area contributed by atoms with E-state index in [-0.39, 0.29) is 18.9 Å².